The molecule has 0 unspecified atom stereocenters. The Morgan fingerprint density at radius 2 is 1.80 bits per heavy atom. The normalized spacial score (nSPS) is 13.7. The zero-order valence-electron chi connectivity index (χ0n) is 9.83. The number of carbonyl (C=O) groups is 2. The Balaban J connectivity index is 4.57. The van der Waals surface area contributed by atoms with Crippen molar-refractivity contribution in [2.24, 2.45) is 5.92 Å². The van der Waals surface area contributed by atoms with Gasteiger partial charge in [0.2, 0.25) is 0 Å². The molecule has 15 heavy (non-hydrogen) atoms. The Morgan fingerprint density at radius 3 is 2.07 bits per heavy atom. The Labute approximate surface area is 89.8 Å². The quantitative estimate of drug-likeness (QED) is 0.708. The first kappa shape index (κ1) is 13.9. The molecule has 0 rings (SSSR count). The summed E-state index contributed by atoms with van der Waals surface area (Å²) < 4.78 is 4.95. The largest absolute Gasteiger partial charge is 0.480 e. The topological polar surface area (TPSA) is 75.6 Å². The van der Waals surface area contributed by atoms with Crippen molar-refractivity contribution >= 4 is 11.9 Å². The summed E-state index contributed by atoms with van der Waals surface area (Å²) in [5, 5.41) is 11.3. The average Bonchev–Trinajstić information content (AvgIpc) is 2.12. The summed E-state index contributed by atoms with van der Waals surface area (Å²) in [5.41, 5.74) is -1.01. The lowest BCUT2D eigenvalue weighted by molar-refractivity contribution is -0.148. The van der Waals surface area contributed by atoms with E-state index in [2.05, 4.69) is 5.32 Å². The van der Waals surface area contributed by atoms with Gasteiger partial charge in [0.25, 0.3) is 5.91 Å². The van der Waals surface area contributed by atoms with Crippen molar-refractivity contribution in [2.75, 3.05) is 7.11 Å². The van der Waals surface area contributed by atoms with Gasteiger partial charge in [0.05, 0.1) is 0 Å². The molecule has 0 saturated carbocycles. The van der Waals surface area contributed by atoms with Crippen molar-refractivity contribution in [2.45, 2.75) is 39.3 Å². The zero-order valence-corrected chi connectivity index (χ0v) is 9.83. The molecular formula is C10H19NO4. The summed E-state index contributed by atoms with van der Waals surface area (Å²) >= 11 is 0. The second kappa shape index (κ2) is 5.11. The molecule has 1 amide bonds. The molecule has 88 valence electrons. The van der Waals surface area contributed by atoms with Gasteiger partial charge in [0.15, 0.2) is 0 Å². The number of nitrogens with one attached hydrogen (secondary N) is 1. The fraction of sp³-hybridized carbons (Fsp3) is 0.800. The van der Waals surface area contributed by atoms with Crippen molar-refractivity contribution < 1.29 is 19.4 Å². The smallest absolute Gasteiger partial charge is 0.326 e. The molecule has 0 heterocycles. The summed E-state index contributed by atoms with van der Waals surface area (Å²) in [5.74, 6) is -1.63. The molecule has 0 spiro atoms. The molecular weight excluding hydrogens is 198 g/mol. The van der Waals surface area contributed by atoms with Crippen LogP contribution in [0, 0.1) is 5.92 Å². The van der Waals surface area contributed by atoms with E-state index in [4.69, 9.17) is 9.84 Å². The van der Waals surface area contributed by atoms with Crippen LogP contribution in [0.5, 0.6) is 0 Å². The number of hydrogen-bond acceptors (Lipinski definition) is 3. The molecule has 5 heteroatoms. The van der Waals surface area contributed by atoms with E-state index >= 15 is 0 Å². The van der Waals surface area contributed by atoms with Gasteiger partial charge >= 0.3 is 5.97 Å². The summed E-state index contributed by atoms with van der Waals surface area (Å²) in [7, 11) is 1.41. The molecule has 0 bridgehead atoms. The molecule has 1 atom stereocenters. The number of carbonyl (C=O) groups excluding carboxylic acids is 1. The highest BCUT2D eigenvalue weighted by Crippen LogP contribution is 2.10. The lowest BCUT2D eigenvalue weighted by Crippen LogP contribution is -2.52. The number of methoxy groups -OCH3 is 1. The number of hydrogen-bond donors (Lipinski definition) is 2. The van der Waals surface area contributed by atoms with Crippen LogP contribution in [0.4, 0.5) is 0 Å². The second-order valence-electron chi connectivity index (χ2n) is 4.25. The maximum atomic E-state index is 11.6. The van der Waals surface area contributed by atoms with E-state index in [1.165, 1.54) is 7.11 Å². The van der Waals surface area contributed by atoms with Gasteiger partial charge in [-0.1, -0.05) is 13.8 Å². The van der Waals surface area contributed by atoms with Gasteiger partial charge in [-0.3, -0.25) is 4.79 Å². The number of carboxylic acid groups (broad SMARTS) is 1. The minimum absolute atomic E-state index is 0.167. The monoisotopic (exact) mass is 217 g/mol. The molecule has 0 fully saturated rings. The van der Waals surface area contributed by atoms with Gasteiger partial charge in [0.1, 0.15) is 11.6 Å². The third kappa shape index (κ3) is 3.87. The number of aliphatic carboxylic acids is 1. The average molecular weight is 217 g/mol. The van der Waals surface area contributed by atoms with Crippen LogP contribution in [0.3, 0.4) is 0 Å². The van der Waals surface area contributed by atoms with Crippen LogP contribution in [0.25, 0.3) is 0 Å². The third-order valence-electron chi connectivity index (χ3n) is 2.28. The molecule has 0 aromatic heterocycles. The molecule has 2 N–H and O–H groups in total. The van der Waals surface area contributed by atoms with Crippen molar-refractivity contribution in [3.63, 3.8) is 0 Å². The fourth-order valence-corrected chi connectivity index (χ4v) is 0.921. The first-order chi connectivity index (χ1) is 6.72. The van der Waals surface area contributed by atoms with E-state index in [9.17, 15) is 9.59 Å². The highest BCUT2D eigenvalue weighted by molar-refractivity contribution is 5.88. The predicted molar refractivity (Wildman–Crippen MR) is 55.5 cm³/mol. The summed E-state index contributed by atoms with van der Waals surface area (Å²) in [6.07, 6.45) is 0. The van der Waals surface area contributed by atoms with E-state index < -0.39 is 23.5 Å². The van der Waals surface area contributed by atoms with E-state index in [1.807, 2.05) is 0 Å². The van der Waals surface area contributed by atoms with Crippen LogP contribution in [0.1, 0.15) is 27.7 Å². The van der Waals surface area contributed by atoms with Gasteiger partial charge in [-0.25, -0.2) is 4.79 Å². The molecule has 5 nitrogen and oxygen atoms in total. The van der Waals surface area contributed by atoms with E-state index in [0.29, 0.717) is 0 Å². The lowest BCUT2D eigenvalue weighted by atomic mass is 10.0. The third-order valence-corrected chi connectivity index (χ3v) is 2.28. The maximum Gasteiger partial charge on any atom is 0.326 e. The first-order valence-electron chi connectivity index (χ1n) is 4.81. The minimum atomic E-state index is -1.04. The highest BCUT2D eigenvalue weighted by atomic mass is 16.5. The maximum absolute atomic E-state index is 11.6. The standard InChI is InChI=1S/C10H19NO4/c1-6(2)7(8(12)13)11-9(14)10(3,4)15-5/h6-7H,1-5H3,(H,11,14)(H,12,13)/t7-/m0/s1. The van der Waals surface area contributed by atoms with Gasteiger partial charge in [-0.05, 0) is 19.8 Å². The van der Waals surface area contributed by atoms with Crippen molar-refractivity contribution in [1.82, 2.24) is 5.32 Å². The van der Waals surface area contributed by atoms with Crippen LogP contribution < -0.4 is 5.32 Å². The van der Waals surface area contributed by atoms with Crippen molar-refractivity contribution in [1.29, 1.82) is 0 Å². The minimum Gasteiger partial charge on any atom is -0.480 e. The van der Waals surface area contributed by atoms with Crippen molar-refractivity contribution in [3.05, 3.63) is 0 Å². The van der Waals surface area contributed by atoms with E-state index in [0.717, 1.165) is 0 Å². The van der Waals surface area contributed by atoms with Crippen LogP contribution in [-0.4, -0.2) is 35.7 Å². The van der Waals surface area contributed by atoms with Crippen LogP contribution in [0.15, 0.2) is 0 Å². The lowest BCUT2D eigenvalue weighted by Gasteiger charge is -2.25. The van der Waals surface area contributed by atoms with E-state index in [-0.39, 0.29) is 5.92 Å². The zero-order chi connectivity index (χ0) is 12.2. The summed E-state index contributed by atoms with van der Waals surface area (Å²) in [6.45, 7) is 6.64. The molecule has 0 radical (unpaired) electrons. The Bertz CT molecular complexity index is 248. The molecule has 0 aliphatic rings. The van der Waals surface area contributed by atoms with Crippen LogP contribution in [-0.2, 0) is 14.3 Å². The number of rotatable bonds is 5. The summed E-state index contributed by atoms with van der Waals surface area (Å²) in [4.78, 5) is 22.5. The summed E-state index contributed by atoms with van der Waals surface area (Å²) in [6, 6.07) is -0.882. The predicted octanol–water partition coefficient (Wildman–Crippen LogP) is 0.637. The van der Waals surface area contributed by atoms with Crippen LogP contribution >= 0.6 is 0 Å². The fourth-order valence-electron chi connectivity index (χ4n) is 0.921. The van der Waals surface area contributed by atoms with Crippen molar-refractivity contribution in [3.8, 4) is 0 Å². The van der Waals surface area contributed by atoms with Gasteiger partial charge in [-0.15, -0.1) is 0 Å². The van der Waals surface area contributed by atoms with Gasteiger partial charge in [0, 0.05) is 7.11 Å². The Morgan fingerprint density at radius 1 is 1.33 bits per heavy atom. The molecule has 0 aromatic rings. The molecule has 0 aliphatic carbocycles. The molecule has 0 aliphatic heterocycles. The second-order valence-corrected chi connectivity index (χ2v) is 4.25. The number of carboxylic acids is 1. The van der Waals surface area contributed by atoms with Gasteiger partial charge < -0.3 is 15.2 Å². The first-order valence-corrected chi connectivity index (χ1v) is 4.81. The number of ether oxygens (including phenoxy) is 1. The Kier molecular flexibility index (Phi) is 4.74. The highest BCUT2D eigenvalue weighted by Gasteiger charge is 2.32. The number of amides is 1. The van der Waals surface area contributed by atoms with E-state index in [1.54, 1.807) is 27.7 Å². The molecule has 0 aromatic carbocycles. The SMILES string of the molecule is COC(C)(C)C(=O)N[C@H](C(=O)O)C(C)C. The van der Waals surface area contributed by atoms with Gasteiger partial charge in [-0.2, -0.15) is 0 Å². The Hall–Kier alpha value is -1.10. The van der Waals surface area contributed by atoms with Crippen LogP contribution in [0.2, 0.25) is 0 Å². The molecule has 0 saturated heterocycles.